The van der Waals surface area contributed by atoms with Crippen LogP contribution in [0.4, 0.5) is 17.1 Å². The van der Waals surface area contributed by atoms with Gasteiger partial charge in [-0.05, 0) is 116 Å². The summed E-state index contributed by atoms with van der Waals surface area (Å²) in [7, 11) is 0. The van der Waals surface area contributed by atoms with E-state index in [1.165, 1.54) is 92.5 Å². The Labute approximate surface area is 384 Å². The average molecular weight is 846 g/mol. The highest BCUT2D eigenvalue weighted by atomic mass is 32.1. The van der Waals surface area contributed by atoms with E-state index in [0.717, 1.165) is 17.1 Å². The van der Waals surface area contributed by atoms with Crippen molar-refractivity contribution in [3.63, 3.8) is 0 Å². The van der Waals surface area contributed by atoms with Crippen LogP contribution >= 0.6 is 11.3 Å². The van der Waals surface area contributed by atoms with E-state index < -0.39 is 5.41 Å². The summed E-state index contributed by atoms with van der Waals surface area (Å²) < 4.78 is 2.64. The van der Waals surface area contributed by atoms with E-state index in [-0.39, 0.29) is 5.41 Å². The van der Waals surface area contributed by atoms with E-state index in [4.69, 9.17) is 0 Å². The molecule has 306 valence electrons. The highest BCUT2D eigenvalue weighted by molar-refractivity contribution is 7.25. The Balaban J connectivity index is 1.03. The molecule has 0 aliphatic heterocycles. The van der Waals surface area contributed by atoms with Gasteiger partial charge in [-0.25, -0.2) is 0 Å². The monoisotopic (exact) mass is 845 g/mol. The predicted octanol–water partition coefficient (Wildman–Crippen LogP) is 16.9. The van der Waals surface area contributed by atoms with Crippen LogP contribution < -0.4 is 4.90 Å². The van der Waals surface area contributed by atoms with Crippen LogP contribution in [0, 0.1) is 0 Å². The Hall–Kier alpha value is -7.78. The maximum Gasteiger partial charge on any atom is 0.0713 e. The van der Waals surface area contributed by atoms with Crippen molar-refractivity contribution >= 4 is 48.6 Å². The van der Waals surface area contributed by atoms with Gasteiger partial charge in [-0.2, -0.15) is 0 Å². The van der Waals surface area contributed by atoms with E-state index in [9.17, 15) is 0 Å². The molecule has 0 saturated heterocycles. The number of benzene rings is 10. The van der Waals surface area contributed by atoms with Crippen LogP contribution in [0.1, 0.15) is 45.9 Å². The summed E-state index contributed by atoms with van der Waals surface area (Å²) in [5, 5.41) is 2.65. The van der Waals surface area contributed by atoms with Gasteiger partial charge in [0.2, 0.25) is 0 Å². The number of fused-ring (bicyclic) bond motifs is 9. The molecular formula is C63H43NS. The first-order valence-electron chi connectivity index (χ1n) is 22.6. The molecule has 0 amide bonds. The smallest absolute Gasteiger partial charge is 0.0713 e. The lowest BCUT2D eigenvalue weighted by Crippen LogP contribution is -2.28. The lowest BCUT2D eigenvalue weighted by atomic mass is 9.68. The summed E-state index contributed by atoms with van der Waals surface area (Å²) in [6, 6.07) is 90.4. The number of anilines is 3. The van der Waals surface area contributed by atoms with Crippen LogP contribution in [-0.4, -0.2) is 0 Å². The average Bonchev–Trinajstić information content (AvgIpc) is 3.99. The molecule has 1 heterocycles. The molecule has 1 aromatic heterocycles. The molecule has 2 aliphatic rings. The maximum absolute atomic E-state index is 2.51. The van der Waals surface area contributed by atoms with Crippen molar-refractivity contribution in [2.45, 2.75) is 17.8 Å². The molecule has 0 N–H and O–H groups in total. The Kier molecular flexibility index (Phi) is 8.50. The van der Waals surface area contributed by atoms with Gasteiger partial charge in [-0.1, -0.05) is 200 Å². The molecule has 0 spiro atoms. The third-order valence-corrected chi connectivity index (χ3v) is 15.6. The molecule has 0 fully saturated rings. The molecule has 1 unspecified atom stereocenters. The van der Waals surface area contributed by atoms with Crippen LogP contribution in [0.5, 0.6) is 0 Å². The van der Waals surface area contributed by atoms with E-state index in [1.807, 2.05) is 11.3 Å². The normalized spacial score (nSPS) is 15.3. The number of rotatable bonds is 7. The molecule has 0 bridgehead atoms. The first kappa shape index (κ1) is 37.7. The zero-order valence-corrected chi connectivity index (χ0v) is 36.8. The SMILES string of the molecule is CC1(c2ccccc2)c2ccccc2-c2c(N(c3ccc(-c4ccc5c(c4)sc4ccccc45)cc3)c3ccc4c(c3)-c3ccccc3C4(c3ccccc3)c3ccccc3)cccc21. The number of thiophene rings is 1. The number of hydrogen-bond acceptors (Lipinski definition) is 2. The van der Waals surface area contributed by atoms with Crippen molar-refractivity contribution in [3.8, 4) is 33.4 Å². The fourth-order valence-corrected chi connectivity index (χ4v) is 12.6. The minimum atomic E-state index is -0.473. The first-order chi connectivity index (χ1) is 32.1. The summed E-state index contributed by atoms with van der Waals surface area (Å²) in [6.07, 6.45) is 0. The van der Waals surface area contributed by atoms with Gasteiger partial charge in [0.05, 0.1) is 11.1 Å². The van der Waals surface area contributed by atoms with Gasteiger partial charge in [0.1, 0.15) is 0 Å². The van der Waals surface area contributed by atoms with E-state index in [0.29, 0.717) is 0 Å². The summed E-state index contributed by atoms with van der Waals surface area (Å²) >= 11 is 1.87. The van der Waals surface area contributed by atoms with Gasteiger partial charge in [-0.15, -0.1) is 11.3 Å². The van der Waals surface area contributed by atoms with Crippen LogP contribution in [-0.2, 0) is 10.8 Å². The van der Waals surface area contributed by atoms with Gasteiger partial charge in [0.25, 0.3) is 0 Å². The molecule has 0 radical (unpaired) electrons. The van der Waals surface area contributed by atoms with Crippen molar-refractivity contribution in [1.82, 2.24) is 0 Å². The fourth-order valence-electron chi connectivity index (χ4n) is 11.5. The lowest BCUT2D eigenvalue weighted by molar-refractivity contribution is 0.714. The quantitative estimate of drug-likeness (QED) is 0.154. The molecule has 0 saturated carbocycles. The topological polar surface area (TPSA) is 3.24 Å². The molecule has 1 atom stereocenters. The first-order valence-corrected chi connectivity index (χ1v) is 23.4. The summed E-state index contributed by atoms with van der Waals surface area (Å²) in [6.45, 7) is 2.41. The molecule has 2 heteroatoms. The van der Waals surface area contributed by atoms with Crippen LogP contribution in [0.25, 0.3) is 53.6 Å². The lowest BCUT2D eigenvalue weighted by Gasteiger charge is -2.34. The van der Waals surface area contributed by atoms with Gasteiger partial charge < -0.3 is 4.90 Å². The highest BCUT2D eigenvalue weighted by Gasteiger charge is 2.47. The van der Waals surface area contributed by atoms with E-state index in [2.05, 4.69) is 254 Å². The Morgan fingerprint density at radius 1 is 0.354 bits per heavy atom. The molecule has 10 aromatic carbocycles. The third-order valence-electron chi connectivity index (χ3n) is 14.4. The molecule has 13 rings (SSSR count). The molecule has 2 aliphatic carbocycles. The summed E-state index contributed by atoms with van der Waals surface area (Å²) in [5.74, 6) is 0. The van der Waals surface area contributed by atoms with Crippen LogP contribution in [0.15, 0.2) is 243 Å². The maximum atomic E-state index is 2.51. The third kappa shape index (κ3) is 5.51. The fraction of sp³-hybridized carbons (Fsp3) is 0.0476. The van der Waals surface area contributed by atoms with Gasteiger partial charge in [-0.3, -0.25) is 0 Å². The van der Waals surface area contributed by atoms with Gasteiger partial charge >= 0.3 is 0 Å². The molecular weight excluding hydrogens is 803 g/mol. The predicted molar refractivity (Wildman–Crippen MR) is 274 cm³/mol. The zero-order valence-electron chi connectivity index (χ0n) is 35.9. The molecule has 11 aromatic rings. The van der Waals surface area contributed by atoms with E-state index in [1.54, 1.807) is 0 Å². The second kappa shape index (κ2) is 14.6. The Morgan fingerprint density at radius 2 is 0.908 bits per heavy atom. The van der Waals surface area contributed by atoms with Crippen molar-refractivity contribution < 1.29 is 0 Å². The van der Waals surface area contributed by atoms with Gasteiger partial charge in [0, 0.05) is 42.5 Å². The second-order valence-electron chi connectivity index (χ2n) is 17.7. The standard InChI is InChI=1S/C63H43NS/c1-62(44-18-5-2-6-19-44)54-27-14-12-26-52(54)61-57(62)29-17-30-58(61)64(47-35-32-42(33-36-47)43-34-38-51-50-25-13-16-31-59(50)65-60(51)40-43)48-37-39-56-53(41-48)49-24-11-15-28-55(49)63(56,45-20-7-3-8-21-45)46-22-9-4-10-23-46/h2-41H,1H3. The second-order valence-corrected chi connectivity index (χ2v) is 18.8. The number of nitrogens with zero attached hydrogens (tertiary/aromatic N) is 1. The van der Waals surface area contributed by atoms with Crippen molar-refractivity contribution in [2.24, 2.45) is 0 Å². The van der Waals surface area contributed by atoms with Crippen LogP contribution in [0.3, 0.4) is 0 Å². The Morgan fingerprint density at radius 3 is 1.65 bits per heavy atom. The summed E-state index contributed by atoms with van der Waals surface area (Å²) in [5.41, 5.74) is 19.2. The minimum Gasteiger partial charge on any atom is -0.310 e. The van der Waals surface area contributed by atoms with Crippen molar-refractivity contribution in [2.75, 3.05) is 4.90 Å². The Bertz CT molecular complexity index is 3570. The number of hydrogen-bond donors (Lipinski definition) is 0. The summed E-state index contributed by atoms with van der Waals surface area (Å²) in [4.78, 5) is 2.51. The van der Waals surface area contributed by atoms with Gasteiger partial charge in [0.15, 0.2) is 0 Å². The van der Waals surface area contributed by atoms with E-state index >= 15 is 0 Å². The molecule has 1 nitrogen and oxygen atoms in total. The largest absolute Gasteiger partial charge is 0.310 e. The van der Waals surface area contributed by atoms with Crippen LogP contribution in [0.2, 0.25) is 0 Å². The van der Waals surface area contributed by atoms with Crippen molar-refractivity contribution in [3.05, 3.63) is 282 Å². The highest BCUT2D eigenvalue weighted by Crippen LogP contribution is 2.59. The minimum absolute atomic E-state index is 0.328. The molecule has 65 heavy (non-hydrogen) atoms. The zero-order chi connectivity index (χ0) is 43.1. The van der Waals surface area contributed by atoms with Crippen molar-refractivity contribution in [1.29, 1.82) is 0 Å².